The second kappa shape index (κ2) is 6.53. The first-order valence-electron chi connectivity index (χ1n) is 7.05. The summed E-state index contributed by atoms with van der Waals surface area (Å²) >= 11 is 0. The summed E-state index contributed by atoms with van der Waals surface area (Å²) in [5.74, 6) is -0.348. The van der Waals surface area contributed by atoms with Crippen molar-refractivity contribution in [2.24, 2.45) is 5.73 Å². The Kier molecular flexibility index (Phi) is 4.74. The maximum atomic E-state index is 11.6. The summed E-state index contributed by atoms with van der Waals surface area (Å²) in [6.07, 6.45) is 3.98. The maximum Gasteiger partial charge on any atom is 0.293 e. The summed E-state index contributed by atoms with van der Waals surface area (Å²) in [7, 11) is 1.49. The number of carbonyl (C=O) groups is 1. The summed E-state index contributed by atoms with van der Waals surface area (Å²) in [4.78, 5) is 22.3. The van der Waals surface area contributed by atoms with Crippen molar-refractivity contribution >= 4 is 17.3 Å². The molecule has 1 aromatic carbocycles. The van der Waals surface area contributed by atoms with Gasteiger partial charge in [-0.05, 0) is 25.0 Å². The number of hydrogen-bond acceptors (Lipinski definition) is 5. The predicted octanol–water partition coefficient (Wildman–Crippen LogP) is 1.64. The third-order valence-corrected chi connectivity index (χ3v) is 3.84. The summed E-state index contributed by atoms with van der Waals surface area (Å²) in [6, 6.07) is 4.46. The van der Waals surface area contributed by atoms with E-state index in [1.807, 2.05) is 0 Å². The van der Waals surface area contributed by atoms with Crippen molar-refractivity contribution in [1.29, 1.82) is 0 Å². The summed E-state index contributed by atoms with van der Waals surface area (Å²) < 4.78 is 0. The molecule has 1 fully saturated rings. The van der Waals surface area contributed by atoms with Gasteiger partial charge in [-0.2, -0.15) is 0 Å². The van der Waals surface area contributed by atoms with E-state index in [9.17, 15) is 14.9 Å². The number of nitrogens with one attached hydrogen (secondary N) is 2. The second-order valence-electron chi connectivity index (χ2n) is 5.27. The molecule has 0 aromatic heterocycles. The minimum absolute atomic E-state index is 0.00280. The fraction of sp³-hybridized carbons (Fsp3) is 0.500. The second-order valence-corrected chi connectivity index (χ2v) is 5.27. The lowest BCUT2D eigenvalue weighted by atomic mass is 9.91. The molecule has 0 bridgehead atoms. The molecule has 1 aliphatic carbocycles. The lowest BCUT2D eigenvalue weighted by Crippen LogP contribution is -2.42. The monoisotopic (exact) mass is 292 g/mol. The van der Waals surface area contributed by atoms with E-state index in [4.69, 9.17) is 5.73 Å². The molecule has 0 spiro atoms. The molecule has 2 rings (SSSR count). The maximum absolute atomic E-state index is 11.6. The first kappa shape index (κ1) is 15.2. The minimum atomic E-state index is -0.483. The molecule has 1 saturated carbocycles. The first-order chi connectivity index (χ1) is 10.0. The SMILES string of the molecule is CNC(=O)c1ccc(NC2CCCCC2N)c([N+](=O)[O-])c1. The Morgan fingerprint density at radius 1 is 1.38 bits per heavy atom. The molecule has 4 N–H and O–H groups in total. The zero-order chi connectivity index (χ0) is 15.4. The van der Waals surface area contributed by atoms with Crippen molar-refractivity contribution < 1.29 is 9.72 Å². The van der Waals surface area contributed by atoms with Crippen LogP contribution in [0.3, 0.4) is 0 Å². The first-order valence-corrected chi connectivity index (χ1v) is 7.05. The number of hydrogen-bond donors (Lipinski definition) is 3. The lowest BCUT2D eigenvalue weighted by molar-refractivity contribution is -0.384. The van der Waals surface area contributed by atoms with Crippen molar-refractivity contribution in [2.75, 3.05) is 12.4 Å². The van der Waals surface area contributed by atoms with Gasteiger partial charge < -0.3 is 16.4 Å². The molecule has 21 heavy (non-hydrogen) atoms. The summed E-state index contributed by atoms with van der Waals surface area (Å²) in [5.41, 5.74) is 6.63. The van der Waals surface area contributed by atoms with Crippen LogP contribution in [0.15, 0.2) is 18.2 Å². The van der Waals surface area contributed by atoms with Gasteiger partial charge in [0.15, 0.2) is 0 Å². The van der Waals surface area contributed by atoms with Crippen LogP contribution >= 0.6 is 0 Å². The predicted molar refractivity (Wildman–Crippen MR) is 80.3 cm³/mol. The molecular formula is C14H20N4O3. The van der Waals surface area contributed by atoms with Gasteiger partial charge in [0.2, 0.25) is 0 Å². The van der Waals surface area contributed by atoms with Crippen LogP contribution in [-0.2, 0) is 0 Å². The largest absolute Gasteiger partial charge is 0.375 e. The van der Waals surface area contributed by atoms with E-state index in [-0.39, 0.29) is 29.2 Å². The molecule has 2 atom stereocenters. The molecule has 0 aliphatic heterocycles. The Labute approximate surface area is 123 Å². The molecule has 114 valence electrons. The van der Waals surface area contributed by atoms with Crippen LogP contribution in [0.5, 0.6) is 0 Å². The Bertz CT molecular complexity index is 547. The third kappa shape index (κ3) is 3.49. The number of nitrogens with zero attached hydrogens (tertiary/aromatic N) is 1. The van der Waals surface area contributed by atoms with Crippen molar-refractivity contribution in [2.45, 2.75) is 37.8 Å². The van der Waals surface area contributed by atoms with Crippen LogP contribution in [-0.4, -0.2) is 30.0 Å². The van der Waals surface area contributed by atoms with Crippen LogP contribution in [0.2, 0.25) is 0 Å². The number of amides is 1. The van der Waals surface area contributed by atoms with Crippen LogP contribution in [0.4, 0.5) is 11.4 Å². The summed E-state index contributed by atoms with van der Waals surface area (Å²) in [5, 5.41) is 16.8. The quantitative estimate of drug-likeness (QED) is 0.577. The molecule has 2 unspecified atom stereocenters. The highest BCUT2D eigenvalue weighted by Crippen LogP contribution is 2.29. The molecule has 0 saturated heterocycles. The van der Waals surface area contributed by atoms with E-state index in [1.165, 1.54) is 13.1 Å². The van der Waals surface area contributed by atoms with E-state index in [0.29, 0.717) is 5.69 Å². The van der Waals surface area contributed by atoms with Gasteiger partial charge in [0.05, 0.1) is 4.92 Å². The van der Waals surface area contributed by atoms with Gasteiger partial charge in [0.25, 0.3) is 11.6 Å². The number of carbonyl (C=O) groups excluding carboxylic acids is 1. The van der Waals surface area contributed by atoms with Crippen LogP contribution < -0.4 is 16.4 Å². The van der Waals surface area contributed by atoms with E-state index >= 15 is 0 Å². The number of anilines is 1. The highest BCUT2D eigenvalue weighted by Gasteiger charge is 2.25. The van der Waals surface area contributed by atoms with Crippen molar-refractivity contribution in [1.82, 2.24) is 5.32 Å². The Balaban J connectivity index is 2.26. The highest BCUT2D eigenvalue weighted by molar-refractivity contribution is 5.95. The average molecular weight is 292 g/mol. The molecular weight excluding hydrogens is 272 g/mol. The van der Waals surface area contributed by atoms with Gasteiger partial charge in [-0.25, -0.2) is 0 Å². The number of nitro benzene ring substituents is 1. The topological polar surface area (TPSA) is 110 Å². The van der Waals surface area contributed by atoms with Crippen molar-refractivity contribution in [3.05, 3.63) is 33.9 Å². The molecule has 1 amide bonds. The van der Waals surface area contributed by atoms with Crippen molar-refractivity contribution in [3.8, 4) is 0 Å². The molecule has 7 nitrogen and oxygen atoms in total. The zero-order valence-electron chi connectivity index (χ0n) is 12.0. The van der Waals surface area contributed by atoms with Gasteiger partial charge in [-0.1, -0.05) is 12.8 Å². The van der Waals surface area contributed by atoms with Gasteiger partial charge >= 0.3 is 0 Å². The minimum Gasteiger partial charge on any atom is -0.375 e. The Morgan fingerprint density at radius 2 is 2.10 bits per heavy atom. The molecule has 1 aliphatic rings. The Hall–Kier alpha value is -2.15. The van der Waals surface area contributed by atoms with Crippen LogP contribution in [0, 0.1) is 10.1 Å². The Morgan fingerprint density at radius 3 is 2.71 bits per heavy atom. The lowest BCUT2D eigenvalue weighted by Gasteiger charge is -2.30. The fourth-order valence-electron chi connectivity index (χ4n) is 2.63. The fourth-order valence-corrected chi connectivity index (χ4v) is 2.63. The van der Waals surface area contributed by atoms with Gasteiger partial charge in [-0.3, -0.25) is 14.9 Å². The normalized spacial score (nSPS) is 21.6. The number of rotatable bonds is 4. The molecule has 1 aromatic rings. The molecule has 0 radical (unpaired) electrons. The van der Waals surface area contributed by atoms with E-state index < -0.39 is 4.92 Å². The van der Waals surface area contributed by atoms with Gasteiger partial charge in [0, 0.05) is 30.8 Å². The standard InChI is InChI=1S/C14H20N4O3/c1-16-14(19)9-6-7-12(13(8-9)18(20)21)17-11-5-3-2-4-10(11)15/h6-8,10-11,17H,2-5,15H2,1H3,(H,16,19). The van der Waals surface area contributed by atoms with E-state index in [2.05, 4.69) is 10.6 Å². The van der Waals surface area contributed by atoms with Gasteiger partial charge in [-0.15, -0.1) is 0 Å². The average Bonchev–Trinajstić information content (AvgIpc) is 2.49. The van der Waals surface area contributed by atoms with E-state index in [1.54, 1.807) is 12.1 Å². The van der Waals surface area contributed by atoms with E-state index in [0.717, 1.165) is 25.7 Å². The third-order valence-electron chi connectivity index (χ3n) is 3.84. The number of benzene rings is 1. The summed E-state index contributed by atoms with van der Waals surface area (Å²) in [6.45, 7) is 0. The number of nitrogens with two attached hydrogens (primary N) is 1. The van der Waals surface area contributed by atoms with Gasteiger partial charge in [0.1, 0.15) is 5.69 Å². The zero-order valence-corrected chi connectivity index (χ0v) is 12.0. The molecule has 7 heteroatoms. The molecule has 0 heterocycles. The van der Waals surface area contributed by atoms with Crippen molar-refractivity contribution in [3.63, 3.8) is 0 Å². The smallest absolute Gasteiger partial charge is 0.293 e. The number of nitro groups is 1. The highest BCUT2D eigenvalue weighted by atomic mass is 16.6. The van der Waals surface area contributed by atoms with Crippen LogP contribution in [0.25, 0.3) is 0 Å². The van der Waals surface area contributed by atoms with Crippen LogP contribution in [0.1, 0.15) is 36.0 Å².